The first-order chi connectivity index (χ1) is 10.9. The number of rotatable bonds is 5. The summed E-state index contributed by atoms with van der Waals surface area (Å²) in [5.41, 5.74) is 1.91. The van der Waals surface area contributed by atoms with E-state index in [2.05, 4.69) is 31.7 Å². The van der Waals surface area contributed by atoms with Gasteiger partial charge in [-0.05, 0) is 31.0 Å². The number of carbonyl (C=O) groups is 2. The van der Waals surface area contributed by atoms with Crippen molar-refractivity contribution in [2.24, 2.45) is 0 Å². The van der Waals surface area contributed by atoms with Crippen molar-refractivity contribution in [1.82, 2.24) is 0 Å². The molecule has 0 bridgehead atoms. The van der Waals surface area contributed by atoms with E-state index in [1.807, 2.05) is 18.2 Å². The molecule has 0 spiro atoms. The van der Waals surface area contributed by atoms with Crippen molar-refractivity contribution in [2.45, 2.75) is 30.6 Å². The maximum absolute atomic E-state index is 11.0. The molecule has 2 aromatic carbocycles. The smallest absolute Gasteiger partial charge is 0.310 e. The van der Waals surface area contributed by atoms with E-state index in [-0.39, 0.29) is 12.8 Å². The normalized spacial score (nSPS) is 11.0. The van der Waals surface area contributed by atoms with E-state index >= 15 is 0 Å². The maximum Gasteiger partial charge on any atom is 0.310 e. The SMILES string of the molecule is Cc1ccccc1.O=C(O)CCC(C(=O)O)c1cccc(S)c1. The highest BCUT2D eigenvalue weighted by Gasteiger charge is 2.20. The number of carboxylic acids is 2. The molecule has 0 aromatic heterocycles. The Morgan fingerprint density at radius 1 is 1.04 bits per heavy atom. The van der Waals surface area contributed by atoms with Gasteiger partial charge in [-0.15, -0.1) is 12.6 Å². The average Bonchev–Trinajstić information content (AvgIpc) is 2.48. The molecule has 0 saturated heterocycles. The summed E-state index contributed by atoms with van der Waals surface area (Å²) in [5.74, 6) is -2.79. The predicted octanol–water partition coefficient (Wildman–Crippen LogP) is 4.00. The van der Waals surface area contributed by atoms with Crippen molar-refractivity contribution in [3.8, 4) is 0 Å². The van der Waals surface area contributed by atoms with E-state index in [0.717, 1.165) is 0 Å². The molecular weight excluding hydrogens is 312 g/mol. The van der Waals surface area contributed by atoms with Crippen molar-refractivity contribution in [3.63, 3.8) is 0 Å². The molecule has 2 rings (SSSR count). The van der Waals surface area contributed by atoms with Crippen LogP contribution in [0, 0.1) is 6.92 Å². The fourth-order valence-electron chi connectivity index (χ4n) is 1.98. The average molecular weight is 332 g/mol. The lowest BCUT2D eigenvalue weighted by molar-refractivity contribution is -0.140. The Kier molecular flexibility index (Phi) is 7.91. The summed E-state index contributed by atoms with van der Waals surface area (Å²) in [6.07, 6.45) is -0.0737. The molecule has 0 aliphatic rings. The monoisotopic (exact) mass is 332 g/mol. The van der Waals surface area contributed by atoms with Crippen LogP contribution < -0.4 is 0 Å². The van der Waals surface area contributed by atoms with Gasteiger partial charge in [0, 0.05) is 11.3 Å². The molecule has 4 nitrogen and oxygen atoms in total. The van der Waals surface area contributed by atoms with Gasteiger partial charge < -0.3 is 10.2 Å². The zero-order valence-corrected chi connectivity index (χ0v) is 13.7. The van der Waals surface area contributed by atoms with Crippen LogP contribution >= 0.6 is 12.6 Å². The quantitative estimate of drug-likeness (QED) is 0.723. The van der Waals surface area contributed by atoms with Crippen LogP contribution in [0.4, 0.5) is 0 Å². The minimum atomic E-state index is -1.01. The van der Waals surface area contributed by atoms with Crippen molar-refractivity contribution in [2.75, 3.05) is 0 Å². The highest BCUT2D eigenvalue weighted by atomic mass is 32.1. The molecule has 0 aliphatic heterocycles. The summed E-state index contributed by atoms with van der Waals surface area (Å²) in [6, 6.07) is 17.0. The van der Waals surface area contributed by atoms with Crippen molar-refractivity contribution in [1.29, 1.82) is 0 Å². The Bertz CT molecular complexity index is 640. The van der Waals surface area contributed by atoms with E-state index in [1.165, 1.54) is 5.56 Å². The highest BCUT2D eigenvalue weighted by Crippen LogP contribution is 2.23. The van der Waals surface area contributed by atoms with Crippen molar-refractivity contribution in [3.05, 3.63) is 65.7 Å². The number of thiol groups is 1. The molecule has 0 fully saturated rings. The molecule has 122 valence electrons. The standard InChI is InChI=1S/C11H12O4S.C7H8/c12-10(13)5-4-9(11(14)15)7-2-1-3-8(16)6-7;1-7-5-3-2-4-6-7/h1-3,6,9,16H,4-5H2,(H,12,13)(H,14,15);2-6H,1H3. The van der Waals surface area contributed by atoms with Gasteiger partial charge in [-0.3, -0.25) is 9.59 Å². The first-order valence-corrected chi connectivity index (χ1v) is 7.60. The molecule has 0 saturated carbocycles. The number of aryl methyl sites for hydroxylation is 1. The summed E-state index contributed by atoms with van der Waals surface area (Å²) in [7, 11) is 0. The summed E-state index contributed by atoms with van der Waals surface area (Å²) < 4.78 is 0. The molecular formula is C18H20O4S. The largest absolute Gasteiger partial charge is 0.481 e. The number of carboxylic acid groups (broad SMARTS) is 2. The Labute approximate surface area is 141 Å². The van der Waals surface area contributed by atoms with Gasteiger partial charge in [0.2, 0.25) is 0 Å². The Balaban J connectivity index is 0.000000313. The maximum atomic E-state index is 11.0. The number of aliphatic carboxylic acids is 2. The first kappa shape index (κ1) is 18.8. The van der Waals surface area contributed by atoms with Crippen LogP contribution in [-0.4, -0.2) is 22.2 Å². The number of hydrogen-bond donors (Lipinski definition) is 3. The molecule has 23 heavy (non-hydrogen) atoms. The van der Waals surface area contributed by atoms with E-state index < -0.39 is 17.9 Å². The van der Waals surface area contributed by atoms with Gasteiger partial charge in [0.1, 0.15) is 0 Å². The third kappa shape index (κ3) is 7.51. The summed E-state index contributed by atoms with van der Waals surface area (Å²) >= 11 is 4.12. The summed E-state index contributed by atoms with van der Waals surface area (Å²) in [5, 5.41) is 17.6. The van der Waals surface area contributed by atoms with Gasteiger partial charge in [-0.25, -0.2) is 0 Å². The van der Waals surface area contributed by atoms with Gasteiger partial charge in [0.15, 0.2) is 0 Å². The van der Waals surface area contributed by atoms with Gasteiger partial charge >= 0.3 is 11.9 Å². The van der Waals surface area contributed by atoms with E-state index in [0.29, 0.717) is 10.5 Å². The zero-order chi connectivity index (χ0) is 17.2. The van der Waals surface area contributed by atoms with Crippen molar-refractivity contribution < 1.29 is 19.8 Å². The van der Waals surface area contributed by atoms with E-state index in [9.17, 15) is 9.59 Å². The van der Waals surface area contributed by atoms with Crippen LogP contribution in [0.2, 0.25) is 0 Å². The first-order valence-electron chi connectivity index (χ1n) is 7.15. The van der Waals surface area contributed by atoms with Crippen LogP contribution in [0.1, 0.15) is 29.9 Å². The van der Waals surface area contributed by atoms with Crippen LogP contribution in [0.25, 0.3) is 0 Å². The summed E-state index contributed by atoms with van der Waals surface area (Å²) in [6.45, 7) is 2.08. The lowest BCUT2D eigenvalue weighted by Crippen LogP contribution is -2.13. The molecule has 1 unspecified atom stereocenters. The molecule has 0 radical (unpaired) electrons. The molecule has 1 atom stereocenters. The Morgan fingerprint density at radius 3 is 2.13 bits per heavy atom. The molecule has 5 heteroatoms. The molecule has 0 heterocycles. The van der Waals surface area contributed by atoms with Gasteiger partial charge in [-0.2, -0.15) is 0 Å². The fraction of sp³-hybridized carbons (Fsp3) is 0.222. The number of hydrogen-bond acceptors (Lipinski definition) is 3. The lowest BCUT2D eigenvalue weighted by Gasteiger charge is -2.11. The van der Waals surface area contributed by atoms with Crippen LogP contribution in [-0.2, 0) is 9.59 Å². The predicted molar refractivity (Wildman–Crippen MR) is 92.1 cm³/mol. The zero-order valence-electron chi connectivity index (χ0n) is 12.8. The van der Waals surface area contributed by atoms with E-state index in [4.69, 9.17) is 10.2 Å². The third-order valence-corrected chi connectivity index (χ3v) is 3.44. The second kappa shape index (κ2) is 9.69. The number of benzene rings is 2. The molecule has 0 amide bonds. The van der Waals surface area contributed by atoms with Gasteiger partial charge in [-0.1, -0.05) is 48.0 Å². The molecule has 0 aliphatic carbocycles. The molecule has 2 N–H and O–H groups in total. The minimum Gasteiger partial charge on any atom is -0.481 e. The fourth-order valence-corrected chi connectivity index (χ4v) is 2.21. The minimum absolute atomic E-state index is 0.0852. The van der Waals surface area contributed by atoms with Gasteiger partial charge in [0.25, 0.3) is 0 Å². The van der Waals surface area contributed by atoms with Gasteiger partial charge in [0.05, 0.1) is 5.92 Å². The topological polar surface area (TPSA) is 74.6 Å². The second-order valence-electron chi connectivity index (χ2n) is 5.07. The second-order valence-corrected chi connectivity index (χ2v) is 5.59. The van der Waals surface area contributed by atoms with Crippen LogP contribution in [0.3, 0.4) is 0 Å². The molecule has 2 aromatic rings. The third-order valence-electron chi connectivity index (χ3n) is 3.16. The Hall–Kier alpha value is -2.27. The lowest BCUT2D eigenvalue weighted by atomic mass is 9.94. The van der Waals surface area contributed by atoms with E-state index in [1.54, 1.807) is 24.3 Å². The Morgan fingerprint density at radius 2 is 1.70 bits per heavy atom. The highest BCUT2D eigenvalue weighted by molar-refractivity contribution is 7.80. The van der Waals surface area contributed by atoms with Crippen molar-refractivity contribution >= 4 is 24.6 Å². The van der Waals surface area contributed by atoms with Crippen LogP contribution in [0.5, 0.6) is 0 Å². The van der Waals surface area contributed by atoms with Crippen LogP contribution in [0.15, 0.2) is 59.5 Å². The summed E-state index contributed by atoms with van der Waals surface area (Å²) in [4.78, 5) is 22.1.